The molecule has 0 radical (unpaired) electrons. The zero-order valence-corrected chi connectivity index (χ0v) is 20.2. The molecular weight excluding hydrogens is 487 g/mol. The third-order valence-electron chi connectivity index (χ3n) is 5.45. The topological polar surface area (TPSA) is 91.3 Å². The Labute approximate surface area is 210 Å². The van der Waals surface area contributed by atoms with Crippen molar-refractivity contribution in [1.82, 2.24) is 19.9 Å². The number of pyridine rings is 2. The molecule has 1 N–H and O–H groups in total. The molecule has 0 spiro atoms. The molecule has 0 saturated carbocycles. The molecular formula is C26H24F3N5O3. The molecule has 192 valence electrons. The summed E-state index contributed by atoms with van der Waals surface area (Å²) in [6.45, 7) is 5.60. The lowest BCUT2D eigenvalue weighted by Crippen LogP contribution is -2.15. The van der Waals surface area contributed by atoms with E-state index in [0.29, 0.717) is 60.0 Å². The van der Waals surface area contributed by atoms with Crippen molar-refractivity contribution in [2.45, 2.75) is 26.6 Å². The van der Waals surface area contributed by atoms with E-state index in [1.807, 2.05) is 19.9 Å². The highest BCUT2D eigenvalue weighted by Crippen LogP contribution is 2.37. The Hall–Kier alpha value is -3.99. The minimum atomic E-state index is -4.58. The maximum absolute atomic E-state index is 13.6. The van der Waals surface area contributed by atoms with Gasteiger partial charge in [0.1, 0.15) is 31.3 Å². The standard InChI is InChI=1S/C26H24F3N5O3/c1-15(2)13-35-14-22-33-24(31-16-5-8-20-21(12-16)37-11-10-36-20)17-6-7-19(32-25(17)34-22)23-18(26(27,28)29)4-3-9-30-23/h3-9,12,15H,10-11,13-14H2,1-2H3,(H,31,32,33,34). The first-order chi connectivity index (χ1) is 17.8. The number of benzene rings is 1. The number of ether oxygens (including phenoxy) is 3. The van der Waals surface area contributed by atoms with E-state index in [4.69, 9.17) is 14.2 Å². The Kier molecular flexibility index (Phi) is 6.79. The van der Waals surface area contributed by atoms with E-state index in [2.05, 4.69) is 25.3 Å². The fourth-order valence-electron chi connectivity index (χ4n) is 3.83. The van der Waals surface area contributed by atoms with Gasteiger partial charge in [0.15, 0.2) is 23.0 Å². The summed E-state index contributed by atoms with van der Waals surface area (Å²) in [5, 5.41) is 3.78. The molecule has 0 saturated heterocycles. The van der Waals surface area contributed by atoms with E-state index in [1.54, 1.807) is 18.2 Å². The number of hydrogen-bond acceptors (Lipinski definition) is 8. The van der Waals surface area contributed by atoms with Crippen molar-refractivity contribution in [3.8, 4) is 22.9 Å². The summed E-state index contributed by atoms with van der Waals surface area (Å²) < 4.78 is 57.8. The minimum Gasteiger partial charge on any atom is -0.486 e. The van der Waals surface area contributed by atoms with Crippen molar-refractivity contribution in [1.29, 1.82) is 0 Å². The third kappa shape index (κ3) is 5.56. The Bertz CT molecular complexity index is 1430. The van der Waals surface area contributed by atoms with Crippen molar-refractivity contribution in [2.24, 2.45) is 5.92 Å². The average Bonchev–Trinajstić information content (AvgIpc) is 2.87. The largest absolute Gasteiger partial charge is 0.486 e. The van der Waals surface area contributed by atoms with Crippen LogP contribution in [0.4, 0.5) is 24.7 Å². The summed E-state index contributed by atoms with van der Waals surface area (Å²) in [5.41, 5.74) is -0.181. The first-order valence-electron chi connectivity index (χ1n) is 11.7. The molecule has 1 aromatic carbocycles. The SMILES string of the molecule is CC(C)COCc1nc(Nc2ccc3c(c2)OCCO3)c2ccc(-c3ncccc3C(F)(F)F)nc2n1. The van der Waals surface area contributed by atoms with Crippen LogP contribution in [-0.2, 0) is 17.5 Å². The fourth-order valence-corrected chi connectivity index (χ4v) is 3.83. The number of alkyl halides is 3. The Morgan fingerprint density at radius 3 is 2.59 bits per heavy atom. The number of anilines is 2. The second-order valence-corrected chi connectivity index (χ2v) is 8.85. The van der Waals surface area contributed by atoms with Crippen LogP contribution in [0.2, 0.25) is 0 Å². The van der Waals surface area contributed by atoms with E-state index in [0.717, 1.165) is 6.07 Å². The number of nitrogens with zero attached hydrogens (tertiary/aromatic N) is 4. The van der Waals surface area contributed by atoms with E-state index in [9.17, 15) is 13.2 Å². The van der Waals surface area contributed by atoms with Crippen LogP contribution in [0, 0.1) is 5.92 Å². The molecule has 3 aromatic heterocycles. The zero-order valence-electron chi connectivity index (χ0n) is 20.2. The van der Waals surface area contributed by atoms with Gasteiger partial charge in [0, 0.05) is 24.6 Å². The van der Waals surface area contributed by atoms with Gasteiger partial charge in [-0.15, -0.1) is 0 Å². The van der Waals surface area contributed by atoms with Crippen molar-refractivity contribution in [2.75, 3.05) is 25.1 Å². The molecule has 0 amide bonds. The molecule has 4 aromatic rings. The van der Waals surface area contributed by atoms with Crippen LogP contribution < -0.4 is 14.8 Å². The summed E-state index contributed by atoms with van der Waals surface area (Å²) in [4.78, 5) is 17.5. The monoisotopic (exact) mass is 511 g/mol. The molecule has 5 rings (SSSR count). The average molecular weight is 512 g/mol. The van der Waals surface area contributed by atoms with Crippen LogP contribution in [0.5, 0.6) is 11.5 Å². The van der Waals surface area contributed by atoms with Gasteiger partial charge in [0.05, 0.1) is 16.6 Å². The van der Waals surface area contributed by atoms with Crippen LogP contribution in [0.15, 0.2) is 48.7 Å². The zero-order chi connectivity index (χ0) is 26.0. The normalized spacial score (nSPS) is 13.2. The minimum absolute atomic E-state index is 0.0541. The maximum atomic E-state index is 13.6. The smallest absolute Gasteiger partial charge is 0.418 e. The summed E-state index contributed by atoms with van der Waals surface area (Å²) in [5.74, 6) is 2.33. The van der Waals surface area contributed by atoms with Gasteiger partial charge in [-0.3, -0.25) is 4.98 Å². The predicted molar refractivity (Wildman–Crippen MR) is 131 cm³/mol. The maximum Gasteiger partial charge on any atom is 0.418 e. The number of rotatable bonds is 7. The van der Waals surface area contributed by atoms with Gasteiger partial charge in [-0.2, -0.15) is 13.2 Å². The van der Waals surface area contributed by atoms with Crippen LogP contribution >= 0.6 is 0 Å². The number of aromatic nitrogens is 4. The van der Waals surface area contributed by atoms with Gasteiger partial charge in [0.25, 0.3) is 0 Å². The van der Waals surface area contributed by atoms with Gasteiger partial charge in [0.2, 0.25) is 0 Å². The van der Waals surface area contributed by atoms with Gasteiger partial charge in [-0.1, -0.05) is 13.8 Å². The predicted octanol–water partition coefficient (Wildman–Crippen LogP) is 5.79. The lowest BCUT2D eigenvalue weighted by molar-refractivity contribution is -0.137. The summed E-state index contributed by atoms with van der Waals surface area (Å²) in [6.07, 6.45) is -3.27. The quantitative estimate of drug-likeness (QED) is 0.333. The first-order valence-corrected chi connectivity index (χ1v) is 11.7. The van der Waals surface area contributed by atoms with Crippen molar-refractivity contribution >= 4 is 22.5 Å². The highest BCUT2D eigenvalue weighted by Gasteiger charge is 2.34. The first kappa shape index (κ1) is 24.7. The molecule has 1 aliphatic heterocycles. The molecule has 37 heavy (non-hydrogen) atoms. The Morgan fingerprint density at radius 2 is 1.81 bits per heavy atom. The van der Waals surface area contributed by atoms with Crippen LogP contribution in [-0.4, -0.2) is 39.8 Å². The second-order valence-electron chi connectivity index (χ2n) is 8.85. The van der Waals surface area contributed by atoms with Crippen LogP contribution in [0.25, 0.3) is 22.4 Å². The van der Waals surface area contributed by atoms with Gasteiger partial charge < -0.3 is 19.5 Å². The highest BCUT2D eigenvalue weighted by atomic mass is 19.4. The van der Waals surface area contributed by atoms with E-state index in [-0.39, 0.29) is 23.6 Å². The fraction of sp³-hybridized carbons (Fsp3) is 0.308. The summed E-state index contributed by atoms with van der Waals surface area (Å²) in [7, 11) is 0. The Balaban J connectivity index is 1.56. The van der Waals surface area contributed by atoms with Crippen LogP contribution in [0.1, 0.15) is 25.2 Å². The summed E-state index contributed by atoms with van der Waals surface area (Å²) in [6, 6.07) is 10.7. The number of nitrogens with one attached hydrogen (secondary N) is 1. The second kappa shape index (κ2) is 10.2. The molecule has 8 nitrogen and oxygen atoms in total. The molecule has 0 fully saturated rings. The molecule has 0 aliphatic carbocycles. The van der Waals surface area contributed by atoms with Gasteiger partial charge in [-0.05, 0) is 42.3 Å². The molecule has 1 aliphatic rings. The summed E-state index contributed by atoms with van der Waals surface area (Å²) >= 11 is 0. The highest BCUT2D eigenvalue weighted by molar-refractivity contribution is 5.90. The Morgan fingerprint density at radius 1 is 1.00 bits per heavy atom. The molecule has 4 heterocycles. The number of hydrogen-bond donors (Lipinski definition) is 1. The number of halogens is 3. The van der Waals surface area contributed by atoms with Crippen LogP contribution in [0.3, 0.4) is 0 Å². The number of fused-ring (bicyclic) bond motifs is 2. The lowest BCUT2D eigenvalue weighted by Gasteiger charge is -2.19. The van der Waals surface area contributed by atoms with Crippen molar-refractivity contribution in [3.63, 3.8) is 0 Å². The molecule has 11 heteroatoms. The van der Waals surface area contributed by atoms with Gasteiger partial charge >= 0.3 is 6.18 Å². The molecule has 0 atom stereocenters. The molecule has 0 unspecified atom stereocenters. The van der Waals surface area contributed by atoms with Gasteiger partial charge in [-0.25, -0.2) is 15.0 Å². The van der Waals surface area contributed by atoms with Crippen molar-refractivity contribution < 1.29 is 27.4 Å². The lowest BCUT2D eigenvalue weighted by atomic mass is 10.1. The van der Waals surface area contributed by atoms with E-state index in [1.165, 1.54) is 18.3 Å². The van der Waals surface area contributed by atoms with E-state index < -0.39 is 11.7 Å². The third-order valence-corrected chi connectivity index (χ3v) is 5.45. The molecule has 0 bridgehead atoms. The van der Waals surface area contributed by atoms with E-state index >= 15 is 0 Å². The van der Waals surface area contributed by atoms with Crippen molar-refractivity contribution in [3.05, 3.63) is 60.0 Å².